The molecule has 0 atom stereocenters. The number of anilines is 3. The normalized spacial score (nSPS) is 16.0. The maximum atomic E-state index is 13.3. The minimum atomic E-state index is -4.01. The lowest BCUT2D eigenvalue weighted by atomic mass is 10.1. The number of piperidine rings is 1. The summed E-state index contributed by atoms with van der Waals surface area (Å²) < 4.78 is 40.5. The summed E-state index contributed by atoms with van der Waals surface area (Å²) in [5.41, 5.74) is 11.7. The molecule has 0 aromatic heterocycles. The zero-order valence-electron chi connectivity index (χ0n) is 15.2. The Morgan fingerprint density at radius 3 is 2.48 bits per heavy atom. The third-order valence-corrected chi connectivity index (χ3v) is 6.88. The second-order valence-corrected chi connectivity index (χ2v) is 9.01. The highest BCUT2D eigenvalue weighted by molar-refractivity contribution is 7.89. The van der Waals surface area contributed by atoms with E-state index in [2.05, 4.69) is 5.32 Å². The molecule has 1 aliphatic heterocycles. The summed E-state index contributed by atoms with van der Waals surface area (Å²) in [4.78, 5) is 12.3. The van der Waals surface area contributed by atoms with Crippen LogP contribution in [0.2, 0.25) is 5.02 Å². The zero-order valence-corrected chi connectivity index (χ0v) is 16.8. The molecule has 0 radical (unpaired) electrons. The van der Waals surface area contributed by atoms with E-state index in [1.54, 1.807) is 0 Å². The van der Waals surface area contributed by atoms with E-state index in [1.807, 2.05) is 0 Å². The Labute approximate surface area is 172 Å². The molecule has 11 heteroatoms. The van der Waals surface area contributed by atoms with Crippen molar-refractivity contribution in [2.75, 3.05) is 29.9 Å². The molecule has 2 aromatic rings. The fourth-order valence-electron chi connectivity index (χ4n) is 2.99. The fourth-order valence-corrected chi connectivity index (χ4v) is 4.81. The van der Waals surface area contributed by atoms with Crippen LogP contribution in [0.3, 0.4) is 0 Å². The van der Waals surface area contributed by atoms with E-state index in [0.717, 1.165) is 12.1 Å². The quantitative estimate of drug-likeness (QED) is 0.534. The van der Waals surface area contributed by atoms with Crippen molar-refractivity contribution in [3.8, 4) is 0 Å². The number of hydrogen-bond donors (Lipinski definition) is 4. The minimum Gasteiger partial charge on any atom is -0.397 e. The van der Waals surface area contributed by atoms with Gasteiger partial charge in [0.1, 0.15) is 10.7 Å². The SMILES string of the molecule is Nc1cc(C(=O)Nc2ccc(F)c(Cl)c2)cc(S(=O)(=O)N2CCC(O)CC2)c1N. The average molecular weight is 443 g/mol. The second kappa shape index (κ2) is 8.15. The summed E-state index contributed by atoms with van der Waals surface area (Å²) in [5.74, 6) is -1.30. The van der Waals surface area contributed by atoms with Gasteiger partial charge < -0.3 is 21.9 Å². The third-order valence-electron chi connectivity index (χ3n) is 4.65. The summed E-state index contributed by atoms with van der Waals surface area (Å²) in [6.45, 7) is 0.265. The van der Waals surface area contributed by atoms with Crippen LogP contribution in [-0.4, -0.2) is 42.9 Å². The van der Waals surface area contributed by atoms with Gasteiger partial charge in [-0.15, -0.1) is 0 Å². The third kappa shape index (κ3) is 4.45. The molecule has 1 amide bonds. The molecule has 3 rings (SSSR count). The van der Waals surface area contributed by atoms with Crippen molar-refractivity contribution in [3.05, 3.63) is 46.7 Å². The van der Waals surface area contributed by atoms with E-state index in [9.17, 15) is 22.7 Å². The van der Waals surface area contributed by atoms with Crippen molar-refractivity contribution in [1.29, 1.82) is 0 Å². The molecular formula is C18H20ClFN4O4S. The number of nitrogens with two attached hydrogens (primary N) is 2. The minimum absolute atomic E-state index is 0.0345. The molecule has 8 nitrogen and oxygen atoms in total. The Morgan fingerprint density at radius 1 is 1.21 bits per heavy atom. The van der Waals surface area contributed by atoms with Crippen molar-refractivity contribution in [3.63, 3.8) is 0 Å². The number of nitrogen functional groups attached to an aromatic ring is 2. The predicted octanol–water partition coefficient (Wildman–Crippen LogP) is 2.04. The van der Waals surface area contributed by atoms with Crippen LogP contribution < -0.4 is 16.8 Å². The summed E-state index contributed by atoms with van der Waals surface area (Å²) in [7, 11) is -4.01. The Hall–Kier alpha value is -2.40. The van der Waals surface area contributed by atoms with Crippen molar-refractivity contribution in [2.24, 2.45) is 0 Å². The van der Waals surface area contributed by atoms with E-state index < -0.39 is 27.9 Å². The molecule has 0 bridgehead atoms. The van der Waals surface area contributed by atoms with Gasteiger partial charge >= 0.3 is 0 Å². The molecule has 1 saturated heterocycles. The van der Waals surface area contributed by atoms with Crippen LogP contribution in [0, 0.1) is 5.82 Å². The van der Waals surface area contributed by atoms with Gasteiger partial charge in [0.15, 0.2) is 0 Å². The van der Waals surface area contributed by atoms with E-state index in [0.29, 0.717) is 12.8 Å². The lowest BCUT2D eigenvalue weighted by Crippen LogP contribution is -2.40. The second-order valence-electron chi connectivity index (χ2n) is 6.70. The summed E-state index contributed by atoms with van der Waals surface area (Å²) in [6.07, 6.45) is 0.0590. The fraction of sp³-hybridized carbons (Fsp3) is 0.278. The van der Waals surface area contributed by atoms with Gasteiger partial charge in [0.2, 0.25) is 10.0 Å². The van der Waals surface area contributed by atoms with Gasteiger partial charge in [0.25, 0.3) is 5.91 Å². The molecule has 1 fully saturated rings. The Bertz CT molecular complexity index is 1060. The number of sulfonamides is 1. The number of hydrogen-bond acceptors (Lipinski definition) is 6. The van der Waals surface area contributed by atoms with Crippen molar-refractivity contribution in [2.45, 2.75) is 23.8 Å². The van der Waals surface area contributed by atoms with Gasteiger partial charge in [-0.3, -0.25) is 4.79 Å². The van der Waals surface area contributed by atoms with Crippen LogP contribution in [0.25, 0.3) is 0 Å². The number of aliphatic hydroxyl groups excluding tert-OH is 1. The number of halogens is 2. The highest BCUT2D eigenvalue weighted by Crippen LogP contribution is 2.31. The molecule has 1 aliphatic rings. The Morgan fingerprint density at radius 2 is 1.86 bits per heavy atom. The van der Waals surface area contributed by atoms with Crippen molar-refractivity contribution in [1.82, 2.24) is 4.31 Å². The molecular weight excluding hydrogens is 423 g/mol. The van der Waals surface area contributed by atoms with Gasteiger partial charge in [-0.1, -0.05) is 11.6 Å². The highest BCUT2D eigenvalue weighted by Gasteiger charge is 2.31. The van der Waals surface area contributed by atoms with Crippen molar-refractivity contribution < 1.29 is 22.7 Å². The maximum absolute atomic E-state index is 13.3. The van der Waals surface area contributed by atoms with Gasteiger partial charge in [-0.25, -0.2) is 12.8 Å². The smallest absolute Gasteiger partial charge is 0.255 e. The number of benzene rings is 2. The molecule has 0 unspecified atom stereocenters. The predicted molar refractivity (Wildman–Crippen MR) is 109 cm³/mol. The molecule has 0 saturated carbocycles. The van der Waals surface area contributed by atoms with Gasteiger partial charge in [0, 0.05) is 24.3 Å². The first-order valence-corrected chi connectivity index (χ1v) is 10.5. The number of carbonyl (C=O) groups is 1. The number of rotatable bonds is 4. The maximum Gasteiger partial charge on any atom is 0.255 e. The molecule has 2 aromatic carbocycles. The summed E-state index contributed by atoms with van der Waals surface area (Å²) in [5, 5.41) is 11.9. The topological polar surface area (TPSA) is 139 Å². The lowest BCUT2D eigenvalue weighted by Gasteiger charge is -2.29. The Balaban J connectivity index is 1.92. The standard InChI is InChI=1S/C18H20ClFN4O4S/c19-13-9-11(1-2-14(13)20)23-18(26)10-7-15(21)17(22)16(8-10)29(27,28)24-5-3-12(25)4-6-24/h1-2,7-9,12,25H,3-6,21-22H2,(H,23,26). The molecule has 29 heavy (non-hydrogen) atoms. The van der Waals surface area contributed by atoms with Gasteiger partial charge in [-0.2, -0.15) is 4.31 Å². The monoisotopic (exact) mass is 442 g/mol. The summed E-state index contributed by atoms with van der Waals surface area (Å²) >= 11 is 5.71. The van der Waals surface area contributed by atoms with Crippen LogP contribution in [0.1, 0.15) is 23.2 Å². The van der Waals surface area contributed by atoms with Crippen LogP contribution in [-0.2, 0) is 10.0 Å². The van der Waals surface area contributed by atoms with E-state index in [1.165, 1.54) is 22.5 Å². The van der Waals surface area contributed by atoms with Gasteiger partial charge in [0.05, 0.1) is 22.5 Å². The number of amides is 1. The highest BCUT2D eigenvalue weighted by atomic mass is 35.5. The van der Waals surface area contributed by atoms with Crippen LogP contribution in [0.4, 0.5) is 21.5 Å². The molecule has 0 aliphatic carbocycles. The van der Waals surface area contributed by atoms with E-state index in [4.69, 9.17) is 23.1 Å². The number of carbonyl (C=O) groups excluding carboxylic acids is 1. The first-order valence-electron chi connectivity index (χ1n) is 8.73. The average Bonchev–Trinajstić information content (AvgIpc) is 2.67. The van der Waals surface area contributed by atoms with Crippen LogP contribution in [0.15, 0.2) is 35.2 Å². The zero-order chi connectivity index (χ0) is 21.3. The van der Waals surface area contributed by atoms with E-state index in [-0.39, 0.29) is 45.6 Å². The lowest BCUT2D eigenvalue weighted by molar-refractivity contribution is 0.102. The molecule has 0 spiro atoms. The number of nitrogens with one attached hydrogen (secondary N) is 1. The first kappa shape index (κ1) is 21.3. The molecule has 6 N–H and O–H groups in total. The Kier molecular flexibility index (Phi) is 5.99. The molecule has 156 valence electrons. The number of nitrogens with zero attached hydrogens (tertiary/aromatic N) is 1. The summed E-state index contributed by atoms with van der Waals surface area (Å²) in [6, 6.07) is 6.04. The molecule has 1 heterocycles. The largest absolute Gasteiger partial charge is 0.397 e. The van der Waals surface area contributed by atoms with E-state index >= 15 is 0 Å². The first-order chi connectivity index (χ1) is 13.6. The number of aliphatic hydroxyl groups is 1. The van der Waals surface area contributed by atoms with Crippen LogP contribution in [0.5, 0.6) is 0 Å². The van der Waals surface area contributed by atoms with Crippen molar-refractivity contribution >= 4 is 44.6 Å². The van der Waals surface area contributed by atoms with Gasteiger partial charge in [-0.05, 0) is 43.2 Å². The van der Waals surface area contributed by atoms with Crippen LogP contribution >= 0.6 is 11.6 Å².